The molecule has 1 amide bonds. The van der Waals surface area contributed by atoms with E-state index in [-0.39, 0.29) is 12.5 Å². The van der Waals surface area contributed by atoms with E-state index in [4.69, 9.17) is 9.47 Å². The fraction of sp³-hybridized carbons (Fsp3) is 0.323. The number of aromatic nitrogens is 2. The minimum absolute atomic E-state index is 0.0192. The summed E-state index contributed by atoms with van der Waals surface area (Å²) in [5, 5.41) is 0.359. The van der Waals surface area contributed by atoms with E-state index >= 15 is 0 Å². The fourth-order valence-corrected chi connectivity index (χ4v) is 5.21. The van der Waals surface area contributed by atoms with Crippen molar-refractivity contribution in [2.75, 3.05) is 27.3 Å². The lowest BCUT2D eigenvalue weighted by molar-refractivity contribution is 0.0724. The zero-order valence-corrected chi connectivity index (χ0v) is 22.6. The van der Waals surface area contributed by atoms with Gasteiger partial charge in [0.25, 0.3) is 11.5 Å². The van der Waals surface area contributed by atoms with Gasteiger partial charge in [-0.1, -0.05) is 36.4 Å². The largest absolute Gasteiger partial charge is 0.493 e. The van der Waals surface area contributed by atoms with Crippen molar-refractivity contribution >= 4 is 16.8 Å². The third kappa shape index (κ3) is 5.19. The van der Waals surface area contributed by atoms with Gasteiger partial charge in [-0.2, -0.15) is 0 Å². The number of piperidine rings is 1. The lowest BCUT2D eigenvalue weighted by Gasteiger charge is -2.26. The number of aryl methyl sites for hydroxylation is 1. The van der Waals surface area contributed by atoms with Crippen molar-refractivity contribution in [3.63, 3.8) is 0 Å². The lowest BCUT2D eigenvalue weighted by Crippen LogP contribution is -2.40. The summed E-state index contributed by atoms with van der Waals surface area (Å²) >= 11 is 0. The Balaban J connectivity index is 1.57. The zero-order valence-electron chi connectivity index (χ0n) is 22.6. The summed E-state index contributed by atoms with van der Waals surface area (Å²) in [6, 6.07) is 18.3. The van der Waals surface area contributed by atoms with Gasteiger partial charge in [-0.05, 0) is 61.1 Å². The molecule has 0 aliphatic carbocycles. The van der Waals surface area contributed by atoms with E-state index in [1.165, 1.54) is 18.8 Å². The Kier molecular flexibility index (Phi) is 7.54. The number of carbonyl (C=O) groups excluding carboxylic acids is 1. The van der Waals surface area contributed by atoms with Crippen LogP contribution in [0.25, 0.3) is 10.9 Å². The number of nitrogens with zero attached hydrogens (tertiary/aromatic N) is 3. The second kappa shape index (κ2) is 11.2. The molecule has 5 rings (SSSR count). The first-order valence-corrected chi connectivity index (χ1v) is 13.2. The van der Waals surface area contributed by atoms with Gasteiger partial charge in [0.2, 0.25) is 0 Å². The number of rotatable bonds is 7. The quantitative estimate of drug-likeness (QED) is 0.360. The van der Waals surface area contributed by atoms with E-state index in [1.54, 1.807) is 28.8 Å². The molecule has 8 nitrogen and oxygen atoms in total. The molecule has 0 radical (unpaired) electrons. The predicted octanol–water partition coefficient (Wildman–Crippen LogP) is 4.21. The molecule has 3 aromatic carbocycles. The number of fused-ring (bicyclic) bond motifs is 1. The van der Waals surface area contributed by atoms with Gasteiger partial charge in [0.15, 0.2) is 11.5 Å². The van der Waals surface area contributed by atoms with Crippen molar-refractivity contribution in [1.29, 1.82) is 0 Å². The van der Waals surface area contributed by atoms with Crippen molar-refractivity contribution in [3.8, 4) is 11.5 Å². The number of carbonyl (C=O) groups is 1. The Morgan fingerprint density at radius 1 is 0.821 bits per heavy atom. The third-order valence-corrected chi connectivity index (χ3v) is 7.50. The highest BCUT2D eigenvalue weighted by Crippen LogP contribution is 2.30. The summed E-state index contributed by atoms with van der Waals surface area (Å²) in [6.07, 6.45) is 3.21. The van der Waals surface area contributed by atoms with E-state index in [9.17, 15) is 14.4 Å². The number of ether oxygens (including phenoxy) is 2. The van der Waals surface area contributed by atoms with Gasteiger partial charge in [0.1, 0.15) is 0 Å². The van der Waals surface area contributed by atoms with Crippen LogP contribution in [-0.4, -0.2) is 47.3 Å². The number of likely N-dealkylation sites (tertiary alicyclic amines) is 1. The molecule has 8 heteroatoms. The monoisotopic (exact) mass is 527 g/mol. The summed E-state index contributed by atoms with van der Waals surface area (Å²) in [6.45, 7) is 3.92. The highest BCUT2D eigenvalue weighted by Gasteiger charge is 2.20. The molecule has 0 unspecified atom stereocenters. The first kappa shape index (κ1) is 26.3. The van der Waals surface area contributed by atoms with Gasteiger partial charge < -0.3 is 14.4 Å². The van der Waals surface area contributed by atoms with Crippen LogP contribution in [0.5, 0.6) is 11.5 Å². The molecule has 4 aromatic rings. The Bertz CT molecular complexity index is 1630. The van der Waals surface area contributed by atoms with Gasteiger partial charge >= 0.3 is 5.69 Å². The van der Waals surface area contributed by atoms with Gasteiger partial charge in [0.05, 0.1) is 38.2 Å². The van der Waals surface area contributed by atoms with Crippen molar-refractivity contribution in [1.82, 2.24) is 14.0 Å². The molecule has 1 saturated heterocycles. The van der Waals surface area contributed by atoms with Gasteiger partial charge in [-0.25, -0.2) is 4.79 Å². The number of methoxy groups -OCH3 is 2. The molecule has 0 spiro atoms. The van der Waals surface area contributed by atoms with Gasteiger partial charge in [-0.3, -0.25) is 18.7 Å². The standard InChI is InChI=1S/C31H33N3O5/c1-21-9-5-6-10-24(21)20-33-26-18-28(39-3)27(38-2)17-25(26)30(36)34(31(33)37)19-22-11-13-23(14-12-22)29(35)32-15-7-4-8-16-32/h5-6,9-14,17-18H,4,7-8,15-16,19-20H2,1-3H3. The molecule has 39 heavy (non-hydrogen) atoms. The summed E-state index contributed by atoms with van der Waals surface area (Å²) < 4.78 is 13.8. The van der Waals surface area contributed by atoms with Crippen LogP contribution in [0.4, 0.5) is 0 Å². The Morgan fingerprint density at radius 2 is 1.49 bits per heavy atom. The summed E-state index contributed by atoms with van der Waals surface area (Å²) in [7, 11) is 3.03. The van der Waals surface area contributed by atoms with Crippen LogP contribution in [0, 0.1) is 6.92 Å². The second-order valence-corrected chi connectivity index (χ2v) is 9.96. The molecule has 0 N–H and O–H groups in total. The van der Waals surface area contributed by atoms with Crippen molar-refractivity contribution in [3.05, 3.63) is 104 Å². The lowest BCUT2D eigenvalue weighted by atomic mass is 10.1. The summed E-state index contributed by atoms with van der Waals surface area (Å²) in [4.78, 5) is 42.3. The first-order chi connectivity index (χ1) is 18.9. The highest BCUT2D eigenvalue weighted by atomic mass is 16.5. The average molecular weight is 528 g/mol. The molecule has 0 saturated carbocycles. The normalized spacial score (nSPS) is 13.5. The highest BCUT2D eigenvalue weighted by molar-refractivity contribution is 5.94. The second-order valence-electron chi connectivity index (χ2n) is 9.96. The van der Waals surface area contributed by atoms with E-state index in [2.05, 4.69) is 0 Å². The number of benzene rings is 3. The van der Waals surface area contributed by atoms with Crippen molar-refractivity contribution in [2.24, 2.45) is 0 Å². The Hall–Kier alpha value is -4.33. The average Bonchev–Trinajstić information content (AvgIpc) is 2.98. The maximum Gasteiger partial charge on any atom is 0.332 e. The third-order valence-electron chi connectivity index (χ3n) is 7.50. The first-order valence-electron chi connectivity index (χ1n) is 13.2. The number of amides is 1. The smallest absolute Gasteiger partial charge is 0.332 e. The minimum atomic E-state index is -0.420. The van der Waals surface area contributed by atoms with E-state index in [0.29, 0.717) is 34.5 Å². The molecule has 1 fully saturated rings. The molecule has 0 atom stereocenters. The molecular weight excluding hydrogens is 494 g/mol. The van der Waals surface area contributed by atoms with Crippen LogP contribution in [0.15, 0.2) is 70.3 Å². The molecule has 202 valence electrons. The maximum absolute atomic E-state index is 13.9. The fourth-order valence-electron chi connectivity index (χ4n) is 5.21. The Morgan fingerprint density at radius 3 is 2.15 bits per heavy atom. The molecule has 1 aliphatic rings. The van der Waals surface area contributed by atoms with E-state index in [1.807, 2.05) is 48.2 Å². The molecule has 1 aromatic heterocycles. The van der Waals surface area contributed by atoms with E-state index < -0.39 is 11.2 Å². The summed E-state index contributed by atoms with van der Waals surface area (Å²) in [5.74, 6) is 0.870. The number of hydrogen-bond acceptors (Lipinski definition) is 5. The SMILES string of the molecule is COc1cc2c(=O)n(Cc3ccc(C(=O)N4CCCCC4)cc3)c(=O)n(Cc3ccccc3C)c2cc1OC. The topological polar surface area (TPSA) is 82.8 Å². The van der Waals surface area contributed by atoms with Crippen LogP contribution in [-0.2, 0) is 13.1 Å². The van der Waals surface area contributed by atoms with E-state index in [0.717, 1.165) is 49.0 Å². The minimum Gasteiger partial charge on any atom is -0.493 e. The van der Waals surface area contributed by atoms with Gasteiger partial charge in [-0.15, -0.1) is 0 Å². The molecule has 2 heterocycles. The molecule has 0 bridgehead atoms. The molecular formula is C31H33N3O5. The van der Waals surface area contributed by atoms with Crippen LogP contribution >= 0.6 is 0 Å². The van der Waals surface area contributed by atoms with Crippen molar-refractivity contribution in [2.45, 2.75) is 39.3 Å². The van der Waals surface area contributed by atoms with Crippen LogP contribution < -0.4 is 20.7 Å². The molecule has 1 aliphatic heterocycles. The zero-order chi connectivity index (χ0) is 27.5. The number of hydrogen-bond donors (Lipinski definition) is 0. The predicted molar refractivity (Wildman–Crippen MR) is 151 cm³/mol. The van der Waals surface area contributed by atoms with Crippen LogP contribution in [0.1, 0.15) is 46.3 Å². The maximum atomic E-state index is 13.9. The van der Waals surface area contributed by atoms with Crippen molar-refractivity contribution < 1.29 is 14.3 Å². The Labute approximate surface area is 227 Å². The summed E-state index contributed by atoms with van der Waals surface area (Å²) in [5.41, 5.74) is 3.03. The van der Waals surface area contributed by atoms with Gasteiger partial charge in [0, 0.05) is 24.7 Å². The van der Waals surface area contributed by atoms with Crippen LogP contribution in [0.2, 0.25) is 0 Å². The van der Waals surface area contributed by atoms with Crippen LogP contribution in [0.3, 0.4) is 0 Å².